The first-order valence-electron chi connectivity index (χ1n) is 12.2. The first-order chi connectivity index (χ1) is 17.3. The van der Waals surface area contributed by atoms with Crippen molar-refractivity contribution in [2.45, 2.75) is 50.7 Å². The number of nitrogens with one attached hydrogen (secondary N) is 3. The van der Waals surface area contributed by atoms with Gasteiger partial charge in [-0.25, -0.2) is 0 Å². The van der Waals surface area contributed by atoms with Crippen molar-refractivity contribution in [1.29, 1.82) is 0 Å². The Labute approximate surface area is 208 Å². The van der Waals surface area contributed by atoms with E-state index in [4.69, 9.17) is 5.73 Å². The first-order valence-corrected chi connectivity index (χ1v) is 12.2. The van der Waals surface area contributed by atoms with Crippen molar-refractivity contribution in [2.75, 3.05) is 12.3 Å². The van der Waals surface area contributed by atoms with Crippen LogP contribution in [-0.2, 0) is 25.7 Å². The molecule has 190 valence electrons. The molecule has 1 aromatic heterocycles. The Balaban J connectivity index is 1.52. The van der Waals surface area contributed by atoms with Crippen molar-refractivity contribution in [2.24, 2.45) is 11.8 Å². The van der Waals surface area contributed by atoms with E-state index < -0.39 is 41.2 Å². The van der Waals surface area contributed by atoms with E-state index in [1.54, 1.807) is 6.07 Å². The molecule has 2 fully saturated rings. The van der Waals surface area contributed by atoms with Crippen LogP contribution in [0.5, 0.6) is 0 Å². The summed E-state index contributed by atoms with van der Waals surface area (Å²) in [6.07, 6.45) is 4.32. The van der Waals surface area contributed by atoms with Gasteiger partial charge in [-0.2, -0.15) is 0 Å². The summed E-state index contributed by atoms with van der Waals surface area (Å²) in [5, 5.41) is 8.01. The second kappa shape index (κ2) is 11.2. The van der Waals surface area contributed by atoms with Gasteiger partial charge in [-0.15, -0.1) is 0 Å². The van der Waals surface area contributed by atoms with Crippen LogP contribution in [0.3, 0.4) is 0 Å². The zero-order valence-electron chi connectivity index (χ0n) is 19.9. The smallest absolute Gasteiger partial charge is 0.289 e. The lowest BCUT2D eigenvalue weighted by Crippen LogP contribution is -2.51. The van der Waals surface area contributed by atoms with Crippen LogP contribution >= 0.6 is 0 Å². The van der Waals surface area contributed by atoms with Crippen LogP contribution < -0.4 is 27.2 Å². The van der Waals surface area contributed by atoms with E-state index in [9.17, 15) is 24.0 Å². The third-order valence-electron chi connectivity index (χ3n) is 6.73. The Hall–Kier alpha value is -3.95. The van der Waals surface area contributed by atoms with Crippen LogP contribution in [0.25, 0.3) is 0 Å². The number of nitrogens with two attached hydrogens (primary N) is 1. The summed E-state index contributed by atoms with van der Waals surface area (Å²) in [6.45, 7) is 0.626. The van der Waals surface area contributed by atoms with Crippen LogP contribution in [0.4, 0.5) is 5.69 Å². The number of hydrogen-bond donors (Lipinski definition) is 4. The number of rotatable bonds is 11. The molecular weight excluding hydrogens is 462 g/mol. The number of carbonyl (C=O) groups is 4. The molecule has 2 heterocycles. The second-order valence-corrected chi connectivity index (χ2v) is 9.48. The molecule has 1 aromatic carbocycles. The molecule has 4 rings (SSSR count). The van der Waals surface area contributed by atoms with Gasteiger partial charge < -0.3 is 26.3 Å². The maximum absolute atomic E-state index is 13.4. The minimum atomic E-state index is -1.21. The summed E-state index contributed by atoms with van der Waals surface area (Å²) < 4.78 is 1.28. The van der Waals surface area contributed by atoms with Gasteiger partial charge in [0, 0.05) is 25.2 Å². The molecule has 0 bridgehead atoms. The largest absolute Gasteiger partial charge is 0.394 e. The maximum Gasteiger partial charge on any atom is 0.289 e. The van der Waals surface area contributed by atoms with Gasteiger partial charge in [-0.05, 0) is 42.9 Å². The van der Waals surface area contributed by atoms with Gasteiger partial charge in [0.1, 0.15) is 6.04 Å². The molecule has 3 atom stereocenters. The fraction of sp³-hybridized carbons (Fsp3) is 0.423. The summed E-state index contributed by atoms with van der Waals surface area (Å²) in [6, 6.07) is 10.1. The number of hydrogen-bond acceptors (Lipinski definition) is 6. The third kappa shape index (κ3) is 6.18. The van der Waals surface area contributed by atoms with Crippen LogP contribution in [-0.4, -0.2) is 40.7 Å². The minimum Gasteiger partial charge on any atom is -0.394 e. The zero-order chi connectivity index (χ0) is 25.7. The zero-order valence-corrected chi connectivity index (χ0v) is 19.9. The second-order valence-electron chi connectivity index (χ2n) is 9.48. The fourth-order valence-electron chi connectivity index (χ4n) is 4.47. The highest BCUT2D eigenvalue weighted by Gasteiger charge is 2.37. The Morgan fingerprint density at radius 1 is 1.03 bits per heavy atom. The summed E-state index contributed by atoms with van der Waals surface area (Å²) >= 11 is 0. The van der Waals surface area contributed by atoms with E-state index in [1.165, 1.54) is 16.8 Å². The molecule has 5 N–H and O–H groups in total. The van der Waals surface area contributed by atoms with Crippen molar-refractivity contribution >= 4 is 29.2 Å². The Kier molecular flexibility index (Phi) is 7.82. The first kappa shape index (κ1) is 25.2. The highest BCUT2D eigenvalue weighted by Crippen LogP contribution is 2.36. The quantitative estimate of drug-likeness (QED) is 0.338. The molecule has 2 aliphatic rings. The average molecular weight is 494 g/mol. The van der Waals surface area contributed by atoms with Crippen LogP contribution in [0.15, 0.2) is 53.5 Å². The molecule has 3 amide bonds. The number of benzene rings is 1. The molecule has 0 radical (unpaired) electrons. The third-order valence-corrected chi connectivity index (χ3v) is 6.73. The number of amides is 3. The van der Waals surface area contributed by atoms with E-state index in [-0.39, 0.29) is 30.5 Å². The van der Waals surface area contributed by atoms with Crippen molar-refractivity contribution < 1.29 is 19.2 Å². The number of pyridine rings is 1. The number of carbonyl (C=O) groups excluding carboxylic acids is 4. The van der Waals surface area contributed by atoms with Crippen molar-refractivity contribution in [1.82, 2.24) is 20.5 Å². The normalized spacial score (nSPS) is 18.7. The molecule has 1 saturated carbocycles. The van der Waals surface area contributed by atoms with Gasteiger partial charge in [-0.1, -0.05) is 43.2 Å². The standard InChI is InChI=1S/C26H31N5O5/c27-19-7-4-12-31(26(19)36)21(13-16-8-9-16)24(34)30-20(14-18-10-11-28-23(18)33)22(32)25(35)29-15-17-5-2-1-3-6-17/h1-7,12,16,18,20-21H,8-11,13-15,27H2,(H,28,33)(H,29,35)(H,30,34)/t18-,20-,21-/m0/s1. The summed E-state index contributed by atoms with van der Waals surface area (Å²) in [4.78, 5) is 64.2. The molecular formula is C26H31N5O5. The Bertz CT molecular complexity index is 1190. The van der Waals surface area contributed by atoms with E-state index in [2.05, 4.69) is 16.0 Å². The van der Waals surface area contributed by atoms with Gasteiger partial charge in [0.2, 0.25) is 17.6 Å². The number of Topliss-reactive ketones (excluding diaryl/α,β-unsaturated/α-hetero) is 1. The van der Waals surface area contributed by atoms with Crippen LogP contribution in [0, 0.1) is 11.8 Å². The van der Waals surface area contributed by atoms with Crippen molar-refractivity contribution in [3.63, 3.8) is 0 Å². The van der Waals surface area contributed by atoms with Crippen LogP contribution in [0.1, 0.15) is 43.7 Å². The highest BCUT2D eigenvalue weighted by atomic mass is 16.2. The van der Waals surface area contributed by atoms with Gasteiger partial charge in [-0.3, -0.25) is 24.0 Å². The van der Waals surface area contributed by atoms with Crippen molar-refractivity contribution in [3.8, 4) is 0 Å². The number of nitrogen functional groups attached to an aromatic ring is 1. The molecule has 1 saturated heterocycles. The Morgan fingerprint density at radius 2 is 1.78 bits per heavy atom. The van der Waals surface area contributed by atoms with Gasteiger partial charge >= 0.3 is 0 Å². The number of anilines is 1. The molecule has 10 nitrogen and oxygen atoms in total. The molecule has 36 heavy (non-hydrogen) atoms. The lowest BCUT2D eigenvalue weighted by molar-refractivity contribution is -0.141. The van der Waals surface area contributed by atoms with E-state index >= 15 is 0 Å². The maximum atomic E-state index is 13.4. The molecule has 1 aliphatic carbocycles. The molecule has 2 aromatic rings. The summed E-state index contributed by atoms with van der Waals surface area (Å²) in [5.74, 6) is -2.65. The van der Waals surface area contributed by atoms with Gasteiger partial charge in [0.25, 0.3) is 11.5 Å². The predicted octanol–water partition coefficient (Wildman–Crippen LogP) is 0.668. The van der Waals surface area contributed by atoms with Crippen molar-refractivity contribution in [3.05, 3.63) is 64.6 Å². The lowest BCUT2D eigenvalue weighted by Gasteiger charge is -2.24. The van der Waals surface area contributed by atoms with E-state index in [0.29, 0.717) is 19.4 Å². The number of aromatic nitrogens is 1. The fourth-order valence-corrected chi connectivity index (χ4v) is 4.47. The lowest BCUT2D eigenvalue weighted by atomic mass is 9.94. The Morgan fingerprint density at radius 3 is 2.44 bits per heavy atom. The van der Waals surface area contributed by atoms with E-state index in [1.807, 2.05) is 30.3 Å². The van der Waals surface area contributed by atoms with Crippen LogP contribution in [0.2, 0.25) is 0 Å². The monoisotopic (exact) mass is 493 g/mol. The van der Waals surface area contributed by atoms with Gasteiger partial charge in [0.05, 0.1) is 11.7 Å². The topological polar surface area (TPSA) is 152 Å². The summed E-state index contributed by atoms with van der Waals surface area (Å²) in [5.41, 5.74) is 6.13. The average Bonchev–Trinajstić information content (AvgIpc) is 3.62. The SMILES string of the molecule is Nc1cccn([C@@H](CC2CC2)C(=O)N[C@@H](C[C@@H]2CCNC2=O)C(=O)C(=O)NCc2ccccc2)c1=O. The van der Waals surface area contributed by atoms with E-state index in [0.717, 1.165) is 18.4 Å². The van der Waals surface area contributed by atoms with Gasteiger partial charge in [0.15, 0.2) is 0 Å². The predicted molar refractivity (Wildman–Crippen MR) is 132 cm³/mol. The highest BCUT2D eigenvalue weighted by molar-refractivity contribution is 6.38. The number of ketones is 1. The molecule has 10 heteroatoms. The molecule has 0 unspecified atom stereocenters. The molecule has 0 spiro atoms. The molecule has 1 aliphatic heterocycles. The summed E-state index contributed by atoms with van der Waals surface area (Å²) in [7, 11) is 0. The minimum absolute atomic E-state index is 0.00284. The number of nitrogens with zero attached hydrogens (tertiary/aromatic N) is 1.